The quantitative estimate of drug-likeness (QED) is 0.776. The number of benzene rings is 1. The van der Waals surface area contributed by atoms with Crippen LogP contribution in [0.3, 0.4) is 0 Å². The number of rotatable bonds is 5. The van der Waals surface area contributed by atoms with Crippen LogP contribution in [0.1, 0.15) is 12.0 Å². The molecule has 1 aromatic heterocycles. The average molecular weight is 306 g/mol. The lowest BCUT2D eigenvalue weighted by Crippen LogP contribution is -2.29. The Bertz CT molecular complexity index is 644. The van der Waals surface area contributed by atoms with E-state index in [1.54, 1.807) is 36.8 Å². The van der Waals surface area contributed by atoms with Crippen molar-refractivity contribution >= 4 is 23.2 Å². The summed E-state index contributed by atoms with van der Waals surface area (Å²) in [4.78, 5) is 4.00. The molecule has 2 rings (SSSR count). The van der Waals surface area contributed by atoms with E-state index in [4.69, 9.17) is 23.2 Å². The molecule has 0 aliphatic heterocycles. The van der Waals surface area contributed by atoms with Crippen LogP contribution in [0.5, 0.6) is 0 Å². The Morgan fingerprint density at radius 2 is 2.25 bits per heavy atom. The third-order valence-corrected chi connectivity index (χ3v) is 3.71. The molecule has 0 aliphatic carbocycles. The SMILES string of the molecule is C=CCC(C#N)(Cn1ccnc1)c1ccc(Cl)cc1Cl. The van der Waals surface area contributed by atoms with E-state index < -0.39 is 5.41 Å². The molecule has 2 aromatic rings. The first kappa shape index (κ1) is 14.6. The molecule has 0 spiro atoms. The number of imidazole rings is 1. The summed E-state index contributed by atoms with van der Waals surface area (Å²) in [5, 5.41) is 10.8. The lowest BCUT2D eigenvalue weighted by atomic mass is 9.78. The average Bonchev–Trinajstić information content (AvgIpc) is 2.91. The molecule has 0 radical (unpaired) electrons. The maximum Gasteiger partial charge on any atom is 0.105 e. The topological polar surface area (TPSA) is 41.6 Å². The summed E-state index contributed by atoms with van der Waals surface area (Å²) in [5.41, 5.74) is -0.0379. The number of allylic oxidation sites excluding steroid dienone is 1. The van der Waals surface area contributed by atoms with Crippen LogP contribution in [0.15, 0.2) is 49.6 Å². The predicted octanol–water partition coefficient (Wildman–Crippen LogP) is 4.23. The van der Waals surface area contributed by atoms with Gasteiger partial charge in [-0.3, -0.25) is 0 Å². The van der Waals surface area contributed by atoms with Gasteiger partial charge >= 0.3 is 0 Å². The molecule has 1 atom stereocenters. The zero-order valence-electron chi connectivity index (χ0n) is 10.8. The summed E-state index contributed by atoms with van der Waals surface area (Å²) in [6, 6.07) is 7.58. The van der Waals surface area contributed by atoms with Crippen molar-refractivity contribution in [1.29, 1.82) is 5.26 Å². The van der Waals surface area contributed by atoms with Gasteiger partial charge in [0.25, 0.3) is 0 Å². The maximum absolute atomic E-state index is 9.73. The van der Waals surface area contributed by atoms with E-state index in [0.29, 0.717) is 23.0 Å². The van der Waals surface area contributed by atoms with Gasteiger partial charge in [-0.2, -0.15) is 5.26 Å². The van der Waals surface area contributed by atoms with Crippen LogP contribution in [0.2, 0.25) is 10.0 Å². The van der Waals surface area contributed by atoms with Crippen LogP contribution in [0.4, 0.5) is 0 Å². The molecule has 0 aliphatic rings. The Balaban J connectivity index is 2.50. The highest BCUT2D eigenvalue weighted by atomic mass is 35.5. The van der Waals surface area contributed by atoms with E-state index in [0.717, 1.165) is 5.56 Å². The first-order chi connectivity index (χ1) is 9.61. The van der Waals surface area contributed by atoms with E-state index >= 15 is 0 Å². The summed E-state index contributed by atoms with van der Waals surface area (Å²) in [6.07, 6.45) is 7.39. The summed E-state index contributed by atoms with van der Waals surface area (Å²) in [7, 11) is 0. The Kier molecular flexibility index (Phi) is 4.49. The molecule has 1 heterocycles. The molecular weight excluding hydrogens is 293 g/mol. The standard InChI is InChI=1S/C15H13Cl2N3/c1-2-5-15(9-18,10-20-7-6-19-11-20)13-4-3-12(16)8-14(13)17/h2-4,6-8,11H,1,5,10H2. The zero-order chi connectivity index (χ0) is 14.6. The molecule has 0 saturated heterocycles. The summed E-state index contributed by atoms with van der Waals surface area (Å²) in [6.45, 7) is 4.21. The third kappa shape index (κ3) is 2.87. The maximum atomic E-state index is 9.73. The molecule has 0 saturated carbocycles. The van der Waals surface area contributed by atoms with Gasteiger partial charge in [0.05, 0.1) is 12.4 Å². The summed E-state index contributed by atoms with van der Waals surface area (Å²) < 4.78 is 1.86. The van der Waals surface area contributed by atoms with Crippen molar-refractivity contribution in [2.24, 2.45) is 0 Å². The fourth-order valence-corrected chi connectivity index (χ4v) is 2.81. The van der Waals surface area contributed by atoms with Gasteiger partial charge in [0.1, 0.15) is 5.41 Å². The molecule has 3 nitrogen and oxygen atoms in total. The van der Waals surface area contributed by atoms with Crippen molar-refractivity contribution in [1.82, 2.24) is 9.55 Å². The monoisotopic (exact) mass is 305 g/mol. The van der Waals surface area contributed by atoms with Crippen molar-refractivity contribution in [3.05, 3.63) is 65.2 Å². The van der Waals surface area contributed by atoms with E-state index in [1.807, 2.05) is 10.8 Å². The molecule has 20 heavy (non-hydrogen) atoms. The Labute approximate surface area is 128 Å². The van der Waals surface area contributed by atoms with Crippen LogP contribution >= 0.6 is 23.2 Å². The molecule has 102 valence electrons. The molecule has 1 unspecified atom stereocenters. The first-order valence-corrected chi connectivity index (χ1v) is 6.80. The lowest BCUT2D eigenvalue weighted by molar-refractivity contribution is 0.461. The summed E-state index contributed by atoms with van der Waals surface area (Å²) >= 11 is 12.2. The third-order valence-electron chi connectivity index (χ3n) is 3.17. The summed E-state index contributed by atoms with van der Waals surface area (Å²) in [5.74, 6) is 0. The minimum absolute atomic E-state index is 0.455. The number of nitrogens with zero attached hydrogens (tertiary/aromatic N) is 3. The van der Waals surface area contributed by atoms with Crippen LogP contribution in [0.25, 0.3) is 0 Å². The van der Waals surface area contributed by atoms with Gasteiger partial charge in [0, 0.05) is 29.0 Å². The van der Waals surface area contributed by atoms with Crippen molar-refractivity contribution < 1.29 is 0 Å². The fraction of sp³-hybridized carbons (Fsp3) is 0.200. The number of nitriles is 1. The highest BCUT2D eigenvalue weighted by molar-refractivity contribution is 6.35. The van der Waals surface area contributed by atoms with Gasteiger partial charge in [-0.05, 0) is 24.1 Å². The Morgan fingerprint density at radius 1 is 1.45 bits per heavy atom. The predicted molar refractivity (Wildman–Crippen MR) is 80.8 cm³/mol. The Hall–Kier alpha value is -1.76. The van der Waals surface area contributed by atoms with E-state index in [-0.39, 0.29) is 0 Å². The molecule has 0 fully saturated rings. The smallest absolute Gasteiger partial charge is 0.105 e. The van der Waals surface area contributed by atoms with Gasteiger partial charge in [0.15, 0.2) is 0 Å². The van der Waals surface area contributed by atoms with Gasteiger partial charge in [0.2, 0.25) is 0 Å². The van der Waals surface area contributed by atoms with Crippen molar-refractivity contribution in [2.75, 3.05) is 0 Å². The second-order valence-corrected chi connectivity index (χ2v) is 5.39. The van der Waals surface area contributed by atoms with Crippen LogP contribution in [-0.2, 0) is 12.0 Å². The fourth-order valence-electron chi connectivity index (χ4n) is 2.22. The van der Waals surface area contributed by atoms with E-state index in [9.17, 15) is 5.26 Å². The molecule has 0 amide bonds. The minimum atomic E-state index is -0.788. The zero-order valence-corrected chi connectivity index (χ0v) is 12.3. The highest BCUT2D eigenvalue weighted by Gasteiger charge is 2.33. The molecular formula is C15H13Cl2N3. The van der Waals surface area contributed by atoms with Crippen molar-refractivity contribution in [3.8, 4) is 6.07 Å². The van der Waals surface area contributed by atoms with Gasteiger partial charge in [-0.15, -0.1) is 6.58 Å². The largest absolute Gasteiger partial charge is 0.336 e. The van der Waals surface area contributed by atoms with Crippen molar-refractivity contribution in [3.63, 3.8) is 0 Å². The molecule has 0 N–H and O–H groups in total. The van der Waals surface area contributed by atoms with Crippen LogP contribution in [-0.4, -0.2) is 9.55 Å². The van der Waals surface area contributed by atoms with Crippen LogP contribution in [0, 0.1) is 11.3 Å². The second-order valence-electron chi connectivity index (χ2n) is 4.55. The van der Waals surface area contributed by atoms with Gasteiger partial charge in [-0.25, -0.2) is 4.98 Å². The van der Waals surface area contributed by atoms with Crippen LogP contribution < -0.4 is 0 Å². The highest BCUT2D eigenvalue weighted by Crippen LogP contribution is 2.36. The van der Waals surface area contributed by atoms with Crippen molar-refractivity contribution in [2.45, 2.75) is 18.4 Å². The number of halogens is 2. The van der Waals surface area contributed by atoms with E-state index in [1.165, 1.54) is 0 Å². The molecule has 1 aromatic carbocycles. The van der Waals surface area contributed by atoms with Gasteiger partial charge in [-0.1, -0.05) is 35.3 Å². The number of hydrogen-bond donors (Lipinski definition) is 0. The first-order valence-electron chi connectivity index (χ1n) is 6.05. The molecule has 5 heteroatoms. The number of hydrogen-bond acceptors (Lipinski definition) is 2. The minimum Gasteiger partial charge on any atom is -0.336 e. The van der Waals surface area contributed by atoms with Gasteiger partial charge < -0.3 is 4.57 Å². The Morgan fingerprint density at radius 3 is 2.80 bits per heavy atom. The molecule has 0 bridgehead atoms. The second kappa shape index (κ2) is 6.13. The van der Waals surface area contributed by atoms with E-state index in [2.05, 4.69) is 17.6 Å². The number of aromatic nitrogens is 2. The normalized spacial score (nSPS) is 13.4. The lowest BCUT2D eigenvalue weighted by Gasteiger charge is -2.27.